The Balaban J connectivity index is 1.40. The molecule has 0 amide bonds. The molecule has 5 heteroatoms. The molecule has 0 spiro atoms. The van der Waals surface area contributed by atoms with Crippen molar-refractivity contribution >= 4 is 65.4 Å². The van der Waals surface area contributed by atoms with Gasteiger partial charge in [-0.15, -0.1) is 0 Å². The van der Waals surface area contributed by atoms with Gasteiger partial charge in [-0.05, 0) is 145 Å². The van der Waals surface area contributed by atoms with E-state index in [2.05, 4.69) is 244 Å². The first-order valence-corrected chi connectivity index (χ1v) is 24.8. The predicted molar refractivity (Wildman–Crippen MR) is 301 cm³/mol. The molecule has 0 aliphatic carbocycles. The molecule has 0 aliphatic rings. The molecule has 9 aromatic carbocycles. The second kappa shape index (κ2) is 16.3. The van der Waals surface area contributed by atoms with Crippen LogP contribution in [0.1, 0.15) is 44.5 Å². The van der Waals surface area contributed by atoms with Crippen molar-refractivity contribution in [2.24, 2.45) is 0 Å². The minimum absolute atomic E-state index is 0.562. The lowest BCUT2D eigenvalue weighted by atomic mass is 9.86. The summed E-state index contributed by atoms with van der Waals surface area (Å²) in [5.41, 5.74) is 22.9. The Morgan fingerprint density at radius 1 is 0.347 bits per heavy atom. The van der Waals surface area contributed by atoms with Gasteiger partial charge < -0.3 is 13.7 Å². The Hall–Kier alpha value is -8.98. The maximum absolute atomic E-state index is 12.5. The zero-order valence-corrected chi connectivity index (χ0v) is 41.6. The van der Waals surface area contributed by atoms with Crippen molar-refractivity contribution in [2.75, 3.05) is 0 Å². The van der Waals surface area contributed by atoms with Gasteiger partial charge in [0, 0.05) is 49.0 Å². The quantitative estimate of drug-likeness (QED) is 0.167. The molecule has 5 nitrogen and oxygen atoms in total. The van der Waals surface area contributed by atoms with Crippen LogP contribution in [-0.4, -0.2) is 18.7 Å². The predicted octanol–water partition coefficient (Wildman–Crippen LogP) is 17.4. The van der Waals surface area contributed by atoms with Crippen molar-refractivity contribution in [3.05, 3.63) is 226 Å². The highest BCUT2D eigenvalue weighted by Gasteiger charge is 2.34. The fraction of sp³-hybridized carbons (Fsp3) is 0.104. The molecule has 0 atom stereocenters. The van der Waals surface area contributed by atoms with E-state index in [-0.39, 0.29) is 0 Å². The number of nitrogens with zero attached hydrogens (tertiary/aromatic N) is 5. The Morgan fingerprint density at radius 2 is 0.722 bits per heavy atom. The number of rotatable bonds is 6. The molecule has 4 aromatic heterocycles. The number of aromatic nitrogens is 4. The van der Waals surface area contributed by atoms with Crippen LogP contribution in [0.5, 0.6) is 0 Å². The zero-order chi connectivity index (χ0) is 49.1. The van der Waals surface area contributed by atoms with Crippen LogP contribution in [0.2, 0.25) is 0 Å². The van der Waals surface area contributed by atoms with Gasteiger partial charge >= 0.3 is 0 Å². The molecule has 0 radical (unpaired) electrons. The highest BCUT2D eigenvalue weighted by molar-refractivity contribution is 6.16. The number of aryl methyl sites for hydroxylation is 7. The average Bonchev–Trinajstić information content (AvgIpc) is 3.99. The summed E-state index contributed by atoms with van der Waals surface area (Å²) in [6, 6.07) is 69.2. The second-order valence-electron chi connectivity index (χ2n) is 20.0. The first-order valence-electron chi connectivity index (χ1n) is 24.8. The number of benzene rings is 9. The lowest BCUT2D eigenvalue weighted by molar-refractivity contribution is 1.04. The van der Waals surface area contributed by atoms with Crippen molar-refractivity contribution in [1.29, 1.82) is 5.26 Å². The molecule has 344 valence electrons. The Bertz CT molecular complexity index is 4300. The second-order valence-corrected chi connectivity index (χ2v) is 20.0. The largest absolute Gasteiger partial charge is 0.306 e. The Labute approximate surface area is 419 Å². The van der Waals surface area contributed by atoms with Gasteiger partial charge in [-0.3, -0.25) is 0 Å². The number of fused-ring (bicyclic) bond motifs is 9. The van der Waals surface area contributed by atoms with E-state index in [4.69, 9.17) is 4.98 Å². The van der Waals surface area contributed by atoms with Crippen LogP contribution in [0.3, 0.4) is 0 Å². The third-order valence-corrected chi connectivity index (χ3v) is 14.9. The molecular weight excluding hydrogens is 875 g/mol. The standard InChI is InChI=1S/C67H51N5/c1-39-20-26-57-48(32-39)49-33-40(2)21-27-58(49)70(57)65-54(38-68)63(47-17-12-11-14-45(47)7)64(56-19-13-18-55(69-56)46-15-9-8-10-16-46)66(71-59-28-22-41(3)34-50(59)51-35-42(4)23-29-60(51)71)67(65)72-61-30-24-43(5)36-52(61)53-37-44(6)25-31-62(53)72/h8-37H,1-7H3. The Morgan fingerprint density at radius 3 is 1.14 bits per heavy atom. The van der Waals surface area contributed by atoms with Gasteiger partial charge in [0.15, 0.2) is 0 Å². The van der Waals surface area contributed by atoms with E-state index >= 15 is 0 Å². The first-order chi connectivity index (χ1) is 35.1. The van der Waals surface area contributed by atoms with E-state index in [0.29, 0.717) is 5.56 Å². The zero-order valence-electron chi connectivity index (χ0n) is 41.6. The smallest absolute Gasteiger partial charge is 0.102 e. The molecule has 13 aromatic rings. The minimum atomic E-state index is 0.562. The fourth-order valence-corrected chi connectivity index (χ4v) is 11.7. The van der Waals surface area contributed by atoms with Crippen LogP contribution < -0.4 is 0 Å². The van der Waals surface area contributed by atoms with Gasteiger partial charge in [0.1, 0.15) is 6.07 Å². The number of hydrogen-bond donors (Lipinski definition) is 0. The maximum Gasteiger partial charge on any atom is 0.102 e. The monoisotopic (exact) mass is 925 g/mol. The summed E-state index contributed by atoms with van der Waals surface area (Å²) >= 11 is 0. The summed E-state index contributed by atoms with van der Waals surface area (Å²) in [6.07, 6.45) is 0. The van der Waals surface area contributed by atoms with E-state index in [1.165, 1.54) is 33.4 Å². The van der Waals surface area contributed by atoms with Crippen LogP contribution in [0.25, 0.3) is 116 Å². The average molecular weight is 926 g/mol. The van der Waals surface area contributed by atoms with Crippen molar-refractivity contribution in [3.8, 4) is 56.8 Å². The summed E-state index contributed by atoms with van der Waals surface area (Å²) in [7, 11) is 0. The van der Waals surface area contributed by atoms with Gasteiger partial charge in [-0.1, -0.05) is 130 Å². The topological polar surface area (TPSA) is 51.5 Å². The molecule has 0 saturated heterocycles. The van der Waals surface area contributed by atoms with Crippen molar-refractivity contribution in [2.45, 2.75) is 48.5 Å². The SMILES string of the molecule is Cc1ccc2c(c1)c1cc(C)ccc1n2-c1c(C#N)c(-c2ccccc2C)c(-c2cccc(-c3ccccc3)n2)c(-n2c3ccc(C)cc3c3cc(C)ccc32)c1-n1c2ccc(C)cc2c2cc(C)ccc21. The summed E-state index contributed by atoms with van der Waals surface area (Å²) in [6.45, 7) is 15.2. The first kappa shape index (κ1) is 43.1. The molecule has 0 saturated carbocycles. The number of pyridine rings is 1. The number of hydrogen-bond acceptors (Lipinski definition) is 2. The minimum Gasteiger partial charge on any atom is -0.306 e. The van der Waals surface area contributed by atoms with Crippen LogP contribution in [-0.2, 0) is 0 Å². The van der Waals surface area contributed by atoms with Gasteiger partial charge in [-0.25, -0.2) is 4.98 Å². The fourth-order valence-electron chi connectivity index (χ4n) is 11.7. The summed E-state index contributed by atoms with van der Waals surface area (Å²) in [4.78, 5) is 5.71. The summed E-state index contributed by atoms with van der Waals surface area (Å²) in [5.74, 6) is 0. The molecule has 0 bridgehead atoms. The van der Waals surface area contributed by atoms with Crippen LogP contribution in [0.4, 0.5) is 0 Å². The third kappa shape index (κ3) is 6.49. The molecule has 0 unspecified atom stereocenters. The molecule has 72 heavy (non-hydrogen) atoms. The highest BCUT2D eigenvalue weighted by Crippen LogP contribution is 2.52. The van der Waals surface area contributed by atoms with Gasteiger partial charge in [0.2, 0.25) is 0 Å². The molecular formula is C67H51N5. The van der Waals surface area contributed by atoms with Gasteiger partial charge in [0.05, 0.1) is 67.1 Å². The van der Waals surface area contributed by atoms with E-state index < -0.39 is 0 Å². The highest BCUT2D eigenvalue weighted by atomic mass is 15.1. The Kier molecular flexibility index (Phi) is 9.75. The molecule has 0 aliphatic heterocycles. The van der Waals surface area contributed by atoms with E-state index in [0.717, 1.165) is 122 Å². The lowest BCUT2D eigenvalue weighted by Crippen LogP contribution is -2.15. The van der Waals surface area contributed by atoms with Crippen molar-refractivity contribution < 1.29 is 0 Å². The van der Waals surface area contributed by atoms with E-state index in [1.807, 2.05) is 6.07 Å². The lowest BCUT2D eigenvalue weighted by Gasteiger charge is -2.29. The summed E-state index contributed by atoms with van der Waals surface area (Å²) < 4.78 is 7.38. The normalized spacial score (nSPS) is 11.8. The van der Waals surface area contributed by atoms with Crippen molar-refractivity contribution in [3.63, 3.8) is 0 Å². The molecule has 13 rings (SSSR count). The molecule has 0 fully saturated rings. The molecule has 0 N–H and O–H groups in total. The van der Waals surface area contributed by atoms with Gasteiger partial charge in [-0.2, -0.15) is 5.26 Å². The van der Waals surface area contributed by atoms with Gasteiger partial charge in [0.25, 0.3) is 0 Å². The maximum atomic E-state index is 12.5. The van der Waals surface area contributed by atoms with Crippen LogP contribution >= 0.6 is 0 Å². The number of nitriles is 1. The van der Waals surface area contributed by atoms with E-state index in [1.54, 1.807) is 0 Å². The third-order valence-electron chi connectivity index (χ3n) is 14.9. The van der Waals surface area contributed by atoms with Crippen LogP contribution in [0, 0.1) is 59.8 Å². The van der Waals surface area contributed by atoms with E-state index in [9.17, 15) is 5.26 Å². The van der Waals surface area contributed by atoms with Crippen LogP contribution in [0.15, 0.2) is 182 Å². The molecule has 4 heterocycles. The summed E-state index contributed by atoms with van der Waals surface area (Å²) in [5, 5.41) is 19.4. The van der Waals surface area contributed by atoms with Crippen molar-refractivity contribution in [1.82, 2.24) is 18.7 Å².